The number of hydrogen-bond donors (Lipinski definition) is 0. The molecule has 1 nitrogen and oxygen atoms in total. The van der Waals surface area contributed by atoms with Gasteiger partial charge in [-0.1, -0.05) is 31.2 Å². The van der Waals surface area contributed by atoms with Crippen molar-refractivity contribution in [3.63, 3.8) is 0 Å². The molecule has 0 N–H and O–H groups in total. The van der Waals surface area contributed by atoms with Gasteiger partial charge in [0.1, 0.15) is 0 Å². The maximum atomic E-state index is 11.4. The topological polar surface area (TPSA) is 17.1 Å². The predicted molar refractivity (Wildman–Crippen MR) is 73.9 cm³/mol. The van der Waals surface area contributed by atoms with Crippen LogP contribution in [0.3, 0.4) is 0 Å². The van der Waals surface area contributed by atoms with Crippen molar-refractivity contribution >= 4 is 17.1 Å². The van der Waals surface area contributed by atoms with Crippen LogP contribution >= 0.6 is 11.3 Å². The molecule has 2 rings (SSSR count). The highest BCUT2D eigenvalue weighted by molar-refractivity contribution is 7.17. The summed E-state index contributed by atoms with van der Waals surface area (Å²) in [5.74, 6) is 0.148. The first-order chi connectivity index (χ1) is 8.11. The number of rotatable bonds is 3. The molecule has 1 aromatic heterocycles. The van der Waals surface area contributed by atoms with Crippen LogP contribution < -0.4 is 0 Å². The Hall–Kier alpha value is -1.41. The van der Waals surface area contributed by atoms with E-state index in [1.165, 1.54) is 21.6 Å². The molecule has 88 valence electrons. The fourth-order valence-corrected chi connectivity index (χ4v) is 2.91. The minimum Gasteiger partial charge on any atom is -0.294 e. The highest BCUT2D eigenvalue weighted by atomic mass is 32.1. The summed E-state index contributed by atoms with van der Waals surface area (Å²) in [4.78, 5) is 13.4. The Balaban J connectivity index is 2.41. The van der Waals surface area contributed by atoms with Crippen molar-refractivity contribution in [2.24, 2.45) is 0 Å². The molecule has 2 aromatic rings. The quantitative estimate of drug-likeness (QED) is 0.727. The summed E-state index contributed by atoms with van der Waals surface area (Å²) in [5, 5.41) is 0. The summed E-state index contributed by atoms with van der Waals surface area (Å²) in [6.07, 6.45) is 1.06. The van der Waals surface area contributed by atoms with Gasteiger partial charge in [0.25, 0.3) is 0 Å². The first-order valence-corrected chi connectivity index (χ1v) is 6.64. The van der Waals surface area contributed by atoms with E-state index in [1.54, 1.807) is 18.3 Å². The van der Waals surface area contributed by atoms with Crippen molar-refractivity contribution < 1.29 is 4.79 Å². The summed E-state index contributed by atoms with van der Waals surface area (Å²) in [5.41, 5.74) is 3.73. The van der Waals surface area contributed by atoms with Gasteiger partial charge in [0.2, 0.25) is 0 Å². The molecule has 1 heterocycles. The maximum Gasteiger partial charge on any atom is 0.169 e. The lowest BCUT2D eigenvalue weighted by molar-refractivity contribution is 0.102. The SMILES string of the molecule is CCc1ccc(-c2sc(C(C)=O)cc2C)cc1. The number of Topliss-reactive ketones (excluding diaryl/α,β-unsaturated/α-hetero) is 1. The fourth-order valence-electron chi connectivity index (χ4n) is 1.83. The van der Waals surface area contributed by atoms with Crippen LogP contribution in [0.25, 0.3) is 10.4 Å². The zero-order valence-corrected chi connectivity index (χ0v) is 11.2. The molecule has 0 radical (unpaired) electrons. The molecule has 0 fully saturated rings. The van der Waals surface area contributed by atoms with Crippen molar-refractivity contribution in [3.05, 3.63) is 46.3 Å². The lowest BCUT2D eigenvalue weighted by Crippen LogP contribution is -1.83. The molecule has 0 spiro atoms. The Bertz CT molecular complexity index is 535. The second-order valence-corrected chi connectivity index (χ2v) is 5.28. The molecule has 0 aliphatic carbocycles. The van der Waals surface area contributed by atoms with Gasteiger partial charge in [-0.3, -0.25) is 4.79 Å². The smallest absolute Gasteiger partial charge is 0.169 e. The lowest BCUT2D eigenvalue weighted by atomic mass is 10.1. The Labute approximate surface area is 106 Å². The summed E-state index contributed by atoms with van der Waals surface area (Å²) in [6.45, 7) is 5.83. The third-order valence-electron chi connectivity index (χ3n) is 2.89. The third kappa shape index (κ3) is 2.47. The van der Waals surface area contributed by atoms with Gasteiger partial charge in [-0.25, -0.2) is 0 Å². The van der Waals surface area contributed by atoms with Crippen LogP contribution in [0.5, 0.6) is 0 Å². The molecule has 0 saturated heterocycles. The fraction of sp³-hybridized carbons (Fsp3) is 0.267. The molecule has 2 heteroatoms. The van der Waals surface area contributed by atoms with Gasteiger partial charge in [-0.2, -0.15) is 0 Å². The average molecular weight is 244 g/mol. The van der Waals surface area contributed by atoms with E-state index < -0.39 is 0 Å². The van der Waals surface area contributed by atoms with E-state index in [9.17, 15) is 4.79 Å². The number of carbonyl (C=O) groups excluding carboxylic acids is 1. The number of benzene rings is 1. The van der Waals surface area contributed by atoms with Gasteiger partial charge >= 0.3 is 0 Å². The lowest BCUT2D eigenvalue weighted by Gasteiger charge is -2.01. The van der Waals surface area contributed by atoms with E-state index in [1.807, 2.05) is 6.07 Å². The number of hydrogen-bond acceptors (Lipinski definition) is 2. The molecule has 0 saturated carbocycles. The van der Waals surface area contributed by atoms with Gasteiger partial charge in [-0.15, -0.1) is 11.3 Å². The molecule has 0 atom stereocenters. The van der Waals surface area contributed by atoms with Crippen molar-refractivity contribution in [1.29, 1.82) is 0 Å². The van der Waals surface area contributed by atoms with Gasteiger partial charge in [0, 0.05) is 4.88 Å². The zero-order valence-electron chi connectivity index (χ0n) is 10.4. The highest BCUT2D eigenvalue weighted by Gasteiger charge is 2.10. The van der Waals surface area contributed by atoms with Crippen molar-refractivity contribution in [2.75, 3.05) is 0 Å². The zero-order chi connectivity index (χ0) is 12.4. The molecule has 0 aliphatic heterocycles. The average Bonchev–Trinajstić information content (AvgIpc) is 2.72. The van der Waals surface area contributed by atoms with Crippen molar-refractivity contribution in [3.8, 4) is 10.4 Å². The van der Waals surface area contributed by atoms with E-state index in [0.717, 1.165) is 11.3 Å². The van der Waals surface area contributed by atoms with E-state index in [-0.39, 0.29) is 5.78 Å². The van der Waals surface area contributed by atoms with Crippen LogP contribution in [0.15, 0.2) is 30.3 Å². The third-order valence-corrected chi connectivity index (χ3v) is 4.28. The largest absolute Gasteiger partial charge is 0.294 e. The van der Waals surface area contributed by atoms with Gasteiger partial charge in [-0.05, 0) is 43.0 Å². The second kappa shape index (κ2) is 4.84. The van der Waals surface area contributed by atoms with Crippen LogP contribution in [0, 0.1) is 6.92 Å². The predicted octanol–water partition coefficient (Wildman–Crippen LogP) is 4.49. The summed E-state index contributed by atoms with van der Waals surface area (Å²) in [6, 6.07) is 10.6. The highest BCUT2D eigenvalue weighted by Crippen LogP contribution is 2.32. The number of aryl methyl sites for hydroxylation is 2. The molecule has 0 unspecified atom stereocenters. The number of ketones is 1. The van der Waals surface area contributed by atoms with Crippen LogP contribution in [0.2, 0.25) is 0 Å². The Morgan fingerprint density at radius 1 is 1.24 bits per heavy atom. The summed E-state index contributed by atoms with van der Waals surface area (Å²) < 4.78 is 0. The van der Waals surface area contributed by atoms with E-state index >= 15 is 0 Å². The van der Waals surface area contributed by atoms with Gasteiger partial charge in [0.15, 0.2) is 5.78 Å². The van der Waals surface area contributed by atoms with Crippen LogP contribution in [-0.2, 0) is 6.42 Å². The summed E-state index contributed by atoms with van der Waals surface area (Å²) >= 11 is 1.58. The molecule has 0 aliphatic rings. The molecular weight excluding hydrogens is 228 g/mol. The Morgan fingerprint density at radius 2 is 1.88 bits per heavy atom. The maximum absolute atomic E-state index is 11.4. The Morgan fingerprint density at radius 3 is 2.35 bits per heavy atom. The molecule has 17 heavy (non-hydrogen) atoms. The molecule has 1 aromatic carbocycles. The first-order valence-electron chi connectivity index (χ1n) is 5.82. The van der Waals surface area contributed by atoms with Crippen molar-refractivity contribution in [2.45, 2.75) is 27.2 Å². The van der Waals surface area contributed by atoms with Crippen LogP contribution in [0.1, 0.15) is 34.6 Å². The molecule has 0 amide bonds. The minimum absolute atomic E-state index is 0.148. The van der Waals surface area contributed by atoms with Gasteiger partial charge in [0.05, 0.1) is 4.88 Å². The van der Waals surface area contributed by atoms with Crippen LogP contribution in [0.4, 0.5) is 0 Å². The van der Waals surface area contributed by atoms with Gasteiger partial charge < -0.3 is 0 Å². The van der Waals surface area contributed by atoms with Crippen molar-refractivity contribution in [1.82, 2.24) is 0 Å². The van der Waals surface area contributed by atoms with Crippen LogP contribution in [-0.4, -0.2) is 5.78 Å². The van der Waals surface area contributed by atoms with E-state index in [4.69, 9.17) is 0 Å². The monoisotopic (exact) mass is 244 g/mol. The number of carbonyl (C=O) groups is 1. The van der Waals surface area contributed by atoms with E-state index in [0.29, 0.717) is 0 Å². The standard InChI is InChI=1S/C15H16OS/c1-4-12-5-7-13(8-6-12)15-10(2)9-14(17-15)11(3)16/h5-9H,4H2,1-3H3. The molecular formula is C15H16OS. The number of thiophene rings is 1. The Kier molecular flexibility index (Phi) is 3.43. The normalized spacial score (nSPS) is 10.5. The second-order valence-electron chi connectivity index (χ2n) is 4.23. The minimum atomic E-state index is 0.148. The summed E-state index contributed by atoms with van der Waals surface area (Å²) in [7, 11) is 0. The van der Waals surface area contributed by atoms with E-state index in [2.05, 4.69) is 38.1 Å². The first kappa shape index (κ1) is 12.1. The molecule has 0 bridgehead atoms.